The molecule has 1 aliphatic carbocycles. The molecule has 0 spiro atoms. The van der Waals surface area contributed by atoms with E-state index in [1.54, 1.807) is 0 Å². The zero-order valence-corrected chi connectivity index (χ0v) is 13.4. The summed E-state index contributed by atoms with van der Waals surface area (Å²) in [4.78, 5) is 14.6. The molecule has 1 fully saturated rings. The molecule has 1 heterocycles. The Morgan fingerprint density at radius 2 is 2.04 bits per heavy atom. The summed E-state index contributed by atoms with van der Waals surface area (Å²) in [6.07, 6.45) is 3.86. The Morgan fingerprint density at radius 1 is 1.30 bits per heavy atom. The number of benzene rings is 1. The van der Waals surface area contributed by atoms with Crippen LogP contribution in [0.3, 0.4) is 0 Å². The lowest BCUT2D eigenvalue weighted by atomic mass is 10.1. The average molecular weight is 315 g/mol. The highest BCUT2D eigenvalue weighted by molar-refractivity contribution is 5.75. The van der Waals surface area contributed by atoms with E-state index in [1.165, 1.54) is 0 Å². The van der Waals surface area contributed by atoms with Gasteiger partial charge in [0, 0.05) is 32.1 Å². The fourth-order valence-electron chi connectivity index (χ4n) is 3.56. The molecule has 0 unspecified atom stereocenters. The maximum absolute atomic E-state index is 12.3. The van der Waals surface area contributed by atoms with Gasteiger partial charge in [0.2, 0.25) is 0 Å². The summed E-state index contributed by atoms with van der Waals surface area (Å²) in [6.45, 7) is 6.62. The predicted molar refractivity (Wildman–Crippen MR) is 90.2 cm³/mol. The number of rotatable bonds is 4. The van der Waals surface area contributed by atoms with E-state index in [2.05, 4.69) is 22.1 Å². The lowest BCUT2D eigenvalue weighted by molar-refractivity contribution is 0.140. The monoisotopic (exact) mass is 315 g/mol. The molecular formula is C18H25N3O2. The van der Waals surface area contributed by atoms with Gasteiger partial charge in [-0.1, -0.05) is 30.3 Å². The van der Waals surface area contributed by atoms with Gasteiger partial charge in [0.1, 0.15) is 0 Å². The minimum Gasteiger partial charge on any atom is -0.390 e. The van der Waals surface area contributed by atoms with Crippen LogP contribution in [-0.4, -0.2) is 47.8 Å². The molecule has 5 nitrogen and oxygen atoms in total. The van der Waals surface area contributed by atoms with Crippen LogP contribution in [0.4, 0.5) is 4.79 Å². The van der Waals surface area contributed by atoms with Crippen LogP contribution in [0.1, 0.15) is 30.0 Å². The van der Waals surface area contributed by atoms with Gasteiger partial charge in [0.25, 0.3) is 0 Å². The first-order valence-electron chi connectivity index (χ1n) is 8.33. The third kappa shape index (κ3) is 3.74. The molecule has 1 aromatic carbocycles. The highest BCUT2D eigenvalue weighted by Crippen LogP contribution is 2.31. The number of urea groups is 1. The minimum atomic E-state index is -0.549. The Morgan fingerprint density at radius 3 is 2.78 bits per heavy atom. The van der Waals surface area contributed by atoms with Crippen LogP contribution in [0, 0.1) is 0 Å². The Labute approximate surface area is 137 Å². The zero-order chi connectivity index (χ0) is 16.2. The summed E-state index contributed by atoms with van der Waals surface area (Å²) in [5.41, 5.74) is 2.14. The predicted octanol–water partition coefficient (Wildman–Crippen LogP) is 1.59. The Kier molecular flexibility index (Phi) is 4.98. The number of nitrogens with one attached hydrogen (secondary N) is 2. The number of nitrogens with zero attached hydrogens (tertiary/aromatic N) is 1. The number of hydrogen-bond acceptors (Lipinski definition) is 3. The van der Waals surface area contributed by atoms with Gasteiger partial charge in [0.05, 0.1) is 12.1 Å². The van der Waals surface area contributed by atoms with Crippen molar-refractivity contribution in [2.24, 2.45) is 0 Å². The van der Waals surface area contributed by atoms with E-state index in [4.69, 9.17) is 0 Å². The summed E-state index contributed by atoms with van der Waals surface area (Å²) >= 11 is 0. The Hall–Kier alpha value is -1.85. The molecule has 0 radical (unpaired) electrons. The lowest BCUT2D eigenvalue weighted by Gasteiger charge is -2.32. The molecule has 23 heavy (non-hydrogen) atoms. The van der Waals surface area contributed by atoms with Crippen LogP contribution in [0.5, 0.6) is 0 Å². The molecule has 3 N–H and O–H groups in total. The van der Waals surface area contributed by atoms with Gasteiger partial charge in [-0.15, -0.1) is 6.58 Å². The van der Waals surface area contributed by atoms with Crippen LogP contribution < -0.4 is 10.6 Å². The number of carbonyl (C=O) groups excluding carboxylic acids is 1. The topological polar surface area (TPSA) is 64.6 Å². The van der Waals surface area contributed by atoms with Crippen molar-refractivity contribution in [1.82, 2.24) is 15.5 Å². The highest BCUT2D eigenvalue weighted by atomic mass is 16.3. The van der Waals surface area contributed by atoms with E-state index in [-0.39, 0.29) is 18.1 Å². The van der Waals surface area contributed by atoms with Crippen LogP contribution in [0.2, 0.25) is 0 Å². The molecule has 0 aromatic heterocycles. The zero-order valence-electron chi connectivity index (χ0n) is 13.4. The van der Waals surface area contributed by atoms with Crippen LogP contribution >= 0.6 is 0 Å². The number of piperidine rings is 1. The minimum absolute atomic E-state index is 0.187. The van der Waals surface area contributed by atoms with Crippen LogP contribution in [-0.2, 0) is 6.42 Å². The molecule has 1 saturated heterocycles. The normalized spacial score (nSPS) is 24.9. The van der Waals surface area contributed by atoms with Gasteiger partial charge in [0.15, 0.2) is 0 Å². The first-order chi connectivity index (χ1) is 11.2. The SMILES string of the molecule is C=CCN1CCC(NC(=O)N[C@@H]2c3ccccc3C[C@@H]2O)CC1. The molecule has 2 amide bonds. The van der Waals surface area contributed by atoms with Gasteiger partial charge in [-0.3, -0.25) is 4.90 Å². The summed E-state index contributed by atoms with van der Waals surface area (Å²) in [5, 5.41) is 16.2. The number of hydrogen-bond donors (Lipinski definition) is 3. The van der Waals surface area contributed by atoms with Crippen molar-refractivity contribution in [1.29, 1.82) is 0 Å². The van der Waals surface area contributed by atoms with E-state index >= 15 is 0 Å². The van der Waals surface area contributed by atoms with Crippen molar-refractivity contribution in [2.75, 3.05) is 19.6 Å². The van der Waals surface area contributed by atoms with E-state index in [0.717, 1.165) is 43.6 Å². The van der Waals surface area contributed by atoms with Gasteiger partial charge < -0.3 is 15.7 Å². The molecule has 0 bridgehead atoms. The second-order valence-electron chi connectivity index (χ2n) is 6.43. The largest absolute Gasteiger partial charge is 0.390 e. The molecule has 2 atom stereocenters. The van der Waals surface area contributed by atoms with E-state index in [0.29, 0.717) is 6.42 Å². The first-order valence-corrected chi connectivity index (χ1v) is 8.33. The number of aliphatic hydroxyl groups is 1. The highest BCUT2D eigenvalue weighted by Gasteiger charge is 2.32. The van der Waals surface area contributed by atoms with Crippen molar-refractivity contribution in [3.63, 3.8) is 0 Å². The lowest BCUT2D eigenvalue weighted by Crippen LogP contribution is -2.49. The van der Waals surface area contributed by atoms with Crippen molar-refractivity contribution in [3.8, 4) is 0 Å². The maximum atomic E-state index is 12.3. The summed E-state index contributed by atoms with van der Waals surface area (Å²) in [7, 11) is 0. The third-order valence-electron chi connectivity index (χ3n) is 4.80. The van der Waals surface area contributed by atoms with Crippen molar-refractivity contribution in [2.45, 2.75) is 37.5 Å². The number of carbonyl (C=O) groups is 1. The number of likely N-dealkylation sites (tertiary alicyclic amines) is 1. The Bertz CT molecular complexity index is 567. The Balaban J connectivity index is 1.51. The number of fused-ring (bicyclic) bond motifs is 1. The van der Waals surface area contributed by atoms with Gasteiger partial charge in [-0.05, 0) is 24.0 Å². The standard InChI is InChI=1S/C18H25N3O2/c1-2-9-21-10-7-14(8-11-21)19-18(23)20-17-15-6-4-3-5-13(15)12-16(17)22/h2-6,14,16-17,22H,1,7-12H2,(H2,19,20,23)/t16-,17+/m0/s1. The maximum Gasteiger partial charge on any atom is 0.315 e. The van der Waals surface area contributed by atoms with Crippen molar-refractivity contribution < 1.29 is 9.90 Å². The molecule has 124 valence electrons. The second-order valence-corrected chi connectivity index (χ2v) is 6.43. The van der Waals surface area contributed by atoms with Crippen molar-refractivity contribution in [3.05, 3.63) is 48.0 Å². The smallest absolute Gasteiger partial charge is 0.315 e. The summed E-state index contributed by atoms with van der Waals surface area (Å²) in [6, 6.07) is 7.59. The van der Waals surface area contributed by atoms with Gasteiger partial charge in [-0.2, -0.15) is 0 Å². The molecule has 5 heteroatoms. The van der Waals surface area contributed by atoms with E-state index < -0.39 is 6.10 Å². The number of amides is 2. The van der Waals surface area contributed by atoms with Crippen LogP contribution in [0.25, 0.3) is 0 Å². The fraction of sp³-hybridized carbons (Fsp3) is 0.500. The fourth-order valence-corrected chi connectivity index (χ4v) is 3.56. The van der Waals surface area contributed by atoms with E-state index in [9.17, 15) is 9.90 Å². The van der Waals surface area contributed by atoms with Gasteiger partial charge >= 0.3 is 6.03 Å². The van der Waals surface area contributed by atoms with E-state index in [1.807, 2.05) is 30.3 Å². The first kappa shape index (κ1) is 16.0. The molecule has 2 aliphatic rings. The number of aliphatic hydroxyl groups excluding tert-OH is 1. The van der Waals surface area contributed by atoms with Gasteiger partial charge in [-0.25, -0.2) is 4.79 Å². The van der Waals surface area contributed by atoms with Crippen molar-refractivity contribution >= 4 is 6.03 Å². The molecule has 0 saturated carbocycles. The molecular weight excluding hydrogens is 290 g/mol. The average Bonchev–Trinajstić information content (AvgIpc) is 2.85. The second kappa shape index (κ2) is 7.15. The van der Waals surface area contributed by atoms with Crippen LogP contribution in [0.15, 0.2) is 36.9 Å². The quantitative estimate of drug-likeness (QED) is 0.740. The summed E-state index contributed by atoms with van der Waals surface area (Å²) < 4.78 is 0. The molecule has 1 aliphatic heterocycles. The third-order valence-corrected chi connectivity index (χ3v) is 4.80. The molecule has 1 aromatic rings. The summed E-state index contributed by atoms with van der Waals surface area (Å²) in [5.74, 6) is 0. The molecule has 3 rings (SSSR count).